The fourth-order valence-electron chi connectivity index (χ4n) is 4.08. The van der Waals surface area contributed by atoms with E-state index in [9.17, 15) is 4.79 Å². The molecule has 0 amide bonds. The van der Waals surface area contributed by atoms with Gasteiger partial charge in [-0.15, -0.1) is 0 Å². The summed E-state index contributed by atoms with van der Waals surface area (Å²) >= 11 is 0. The molecule has 2 nitrogen and oxygen atoms in total. The first-order chi connectivity index (χ1) is 8.48. The lowest BCUT2D eigenvalue weighted by Gasteiger charge is -2.49. The molecule has 2 fully saturated rings. The highest BCUT2D eigenvalue weighted by Crippen LogP contribution is 2.54. The molecule has 18 heavy (non-hydrogen) atoms. The van der Waals surface area contributed by atoms with Crippen molar-refractivity contribution in [3.8, 4) is 0 Å². The number of fused-ring (bicyclic) bond motifs is 1. The average Bonchev–Trinajstić information content (AvgIpc) is 2.36. The molecule has 2 aliphatic carbocycles. The van der Waals surface area contributed by atoms with Crippen LogP contribution < -0.4 is 0 Å². The Balaban J connectivity index is 2.08. The molecule has 0 aromatic carbocycles. The van der Waals surface area contributed by atoms with Crippen LogP contribution in [0.3, 0.4) is 0 Å². The summed E-state index contributed by atoms with van der Waals surface area (Å²) in [6.07, 6.45) is 7.34. The molecule has 0 saturated heterocycles. The summed E-state index contributed by atoms with van der Waals surface area (Å²) in [5, 5.41) is 0. The van der Waals surface area contributed by atoms with Gasteiger partial charge in [0.25, 0.3) is 0 Å². The molecule has 0 aliphatic heterocycles. The van der Waals surface area contributed by atoms with Gasteiger partial charge in [0.05, 0.1) is 13.0 Å². The van der Waals surface area contributed by atoms with Crippen molar-refractivity contribution in [3.63, 3.8) is 0 Å². The van der Waals surface area contributed by atoms with Crippen LogP contribution in [0.15, 0.2) is 12.2 Å². The molecule has 2 aliphatic rings. The first-order valence-corrected chi connectivity index (χ1v) is 7.23. The van der Waals surface area contributed by atoms with Crippen LogP contribution in [-0.2, 0) is 9.53 Å². The smallest absolute Gasteiger partial charge is 0.308 e. The van der Waals surface area contributed by atoms with Gasteiger partial charge in [0.1, 0.15) is 0 Å². The van der Waals surface area contributed by atoms with Gasteiger partial charge in [-0.2, -0.15) is 0 Å². The van der Waals surface area contributed by atoms with Gasteiger partial charge in [0.2, 0.25) is 0 Å². The Kier molecular flexibility index (Phi) is 3.84. The van der Waals surface area contributed by atoms with Crippen molar-refractivity contribution in [1.29, 1.82) is 0 Å². The van der Waals surface area contributed by atoms with Gasteiger partial charge in [-0.25, -0.2) is 0 Å². The standard InChI is InChI=1S/C16H26O2/c1-11-6-5-8-16(3)9-7-13(10-14(11)16)12(2)15(17)18-4/h12-14H,1,5-10H2,2-4H3/t12-,13-,14+,16-/m1/s1. The maximum Gasteiger partial charge on any atom is 0.308 e. The van der Waals surface area contributed by atoms with Crippen molar-refractivity contribution < 1.29 is 9.53 Å². The topological polar surface area (TPSA) is 26.3 Å². The molecule has 4 atom stereocenters. The van der Waals surface area contributed by atoms with E-state index in [1.54, 1.807) is 0 Å². The molecule has 0 heterocycles. The van der Waals surface area contributed by atoms with Gasteiger partial charge in [0, 0.05) is 0 Å². The van der Waals surface area contributed by atoms with Gasteiger partial charge in [-0.1, -0.05) is 26.0 Å². The molecule has 0 unspecified atom stereocenters. The molecule has 0 spiro atoms. The highest BCUT2D eigenvalue weighted by Gasteiger charge is 2.44. The zero-order valence-corrected chi connectivity index (χ0v) is 12.0. The van der Waals surface area contributed by atoms with Crippen molar-refractivity contribution >= 4 is 5.97 Å². The fourth-order valence-corrected chi connectivity index (χ4v) is 4.08. The van der Waals surface area contributed by atoms with Crippen LogP contribution in [0.2, 0.25) is 0 Å². The van der Waals surface area contributed by atoms with Gasteiger partial charge in [-0.05, 0) is 55.8 Å². The van der Waals surface area contributed by atoms with Crippen LogP contribution in [0.5, 0.6) is 0 Å². The second kappa shape index (κ2) is 5.07. The van der Waals surface area contributed by atoms with Crippen LogP contribution in [-0.4, -0.2) is 13.1 Å². The number of rotatable bonds is 2. The maximum absolute atomic E-state index is 11.7. The normalized spacial score (nSPS) is 37.8. The van der Waals surface area contributed by atoms with Crippen molar-refractivity contribution in [1.82, 2.24) is 0 Å². The van der Waals surface area contributed by atoms with Crippen LogP contribution in [0.25, 0.3) is 0 Å². The fraction of sp³-hybridized carbons (Fsp3) is 0.812. The Labute approximate surface area is 111 Å². The SMILES string of the molecule is C=C1CCC[C@]2(C)CC[C@@H]([C@@H](C)C(=O)OC)C[C@@H]12. The minimum absolute atomic E-state index is 0.0364. The van der Waals surface area contributed by atoms with E-state index in [1.807, 2.05) is 6.92 Å². The Hall–Kier alpha value is -0.790. The number of carbonyl (C=O) groups is 1. The van der Waals surface area contributed by atoms with Gasteiger partial charge in [0.15, 0.2) is 0 Å². The molecular formula is C16H26O2. The minimum atomic E-state index is -0.0509. The van der Waals surface area contributed by atoms with E-state index in [2.05, 4.69) is 13.5 Å². The summed E-state index contributed by atoms with van der Waals surface area (Å²) in [5.74, 6) is 1.08. The summed E-state index contributed by atoms with van der Waals surface area (Å²) in [6, 6.07) is 0. The molecular weight excluding hydrogens is 224 g/mol. The molecule has 2 heteroatoms. The molecule has 0 radical (unpaired) electrons. The van der Waals surface area contributed by atoms with Gasteiger partial charge >= 0.3 is 5.97 Å². The van der Waals surface area contributed by atoms with E-state index in [0.717, 1.165) is 12.8 Å². The van der Waals surface area contributed by atoms with Crippen molar-refractivity contribution in [3.05, 3.63) is 12.2 Å². The molecule has 0 N–H and O–H groups in total. The average molecular weight is 250 g/mol. The maximum atomic E-state index is 11.7. The number of esters is 1. The molecule has 0 bridgehead atoms. The summed E-state index contributed by atoms with van der Waals surface area (Å²) < 4.78 is 4.89. The first kappa shape index (κ1) is 13.6. The van der Waals surface area contributed by atoms with E-state index in [4.69, 9.17) is 4.74 Å². The van der Waals surface area contributed by atoms with Gasteiger partial charge in [-0.3, -0.25) is 4.79 Å². The van der Waals surface area contributed by atoms with E-state index in [1.165, 1.54) is 38.4 Å². The Morgan fingerprint density at radius 2 is 2.22 bits per heavy atom. The van der Waals surface area contributed by atoms with Gasteiger partial charge < -0.3 is 4.74 Å². The number of carbonyl (C=O) groups excluding carboxylic acids is 1. The first-order valence-electron chi connectivity index (χ1n) is 7.23. The molecule has 102 valence electrons. The Morgan fingerprint density at radius 3 is 2.89 bits per heavy atom. The Morgan fingerprint density at radius 1 is 1.50 bits per heavy atom. The van der Waals surface area contributed by atoms with Crippen molar-refractivity contribution in [2.24, 2.45) is 23.2 Å². The summed E-state index contributed by atoms with van der Waals surface area (Å²) in [7, 11) is 1.49. The van der Waals surface area contributed by atoms with E-state index in [-0.39, 0.29) is 11.9 Å². The number of methoxy groups -OCH3 is 1. The second-order valence-corrected chi connectivity index (χ2v) is 6.56. The third-order valence-electron chi connectivity index (χ3n) is 5.48. The van der Waals surface area contributed by atoms with E-state index >= 15 is 0 Å². The molecule has 0 aromatic rings. The largest absolute Gasteiger partial charge is 0.469 e. The lowest BCUT2D eigenvalue weighted by Crippen LogP contribution is -2.40. The zero-order chi connectivity index (χ0) is 13.3. The van der Waals surface area contributed by atoms with Crippen LogP contribution in [0.1, 0.15) is 52.4 Å². The highest BCUT2D eigenvalue weighted by molar-refractivity contribution is 5.72. The molecule has 2 saturated carbocycles. The minimum Gasteiger partial charge on any atom is -0.469 e. The number of allylic oxidation sites excluding steroid dienone is 1. The van der Waals surface area contributed by atoms with Crippen LogP contribution in [0, 0.1) is 23.2 Å². The summed E-state index contributed by atoms with van der Waals surface area (Å²) in [5.41, 5.74) is 1.87. The third kappa shape index (κ3) is 2.34. The second-order valence-electron chi connectivity index (χ2n) is 6.56. The number of hydrogen-bond acceptors (Lipinski definition) is 2. The summed E-state index contributed by atoms with van der Waals surface area (Å²) in [6.45, 7) is 8.72. The zero-order valence-electron chi connectivity index (χ0n) is 12.0. The summed E-state index contributed by atoms with van der Waals surface area (Å²) in [4.78, 5) is 11.7. The van der Waals surface area contributed by atoms with Crippen LogP contribution in [0.4, 0.5) is 0 Å². The van der Waals surface area contributed by atoms with E-state index in [0.29, 0.717) is 17.3 Å². The monoisotopic (exact) mass is 250 g/mol. The molecule has 0 aromatic heterocycles. The predicted molar refractivity (Wildman–Crippen MR) is 73.1 cm³/mol. The van der Waals surface area contributed by atoms with Crippen LogP contribution >= 0.6 is 0 Å². The molecule has 2 rings (SSSR count). The van der Waals surface area contributed by atoms with Crippen molar-refractivity contribution in [2.75, 3.05) is 7.11 Å². The number of hydrogen-bond donors (Lipinski definition) is 0. The highest BCUT2D eigenvalue weighted by atomic mass is 16.5. The predicted octanol–water partition coefficient (Wildman–Crippen LogP) is 3.96. The van der Waals surface area contributed by atoms with E-state index < -0.39 is 0 Å². The lowest BCUT2D eigenvalue weighted by molar-refractivity contribution is -0.148. The quantitative estimate of drug-likeness (QED) is 0.548. The Bertz CT molecular complexity index is 347. The lowest BCUT2D eigenvalue weighted by atomic mass is 9.56. The van der Waals surface area contributed by atoms with Crippen molar-refractivity contribution in [2.45, 2.75) is 52.4 Å². The third-order valence-corrected chi connectivity index (χ3v) is 5.48. The number of ether oxygens (including phenoxy) is 1.